The van der Waals surface area contributed by atoms with Gasteiger partial charge in [0.15, 0.2) is 12.1 Å². The maximum absolute atomic E-state index is 12.5. The molecule has 2 fully saturated rings. The van der Waals surface area contributed by atoms with Crippen molar-refractivity contribution in [1.29, 1.82) is 0 Å². The number of fused-ring (bicyclic) bond motifs is 1. The van der Waals surface area contributed by atoms with Crippen LogP contribution in [-0.2, 0) is 14.2 Å². The highest BCUT2D eigenvalue weighted by atomic mass is 16.7. The van der Waals surface area contributed by atoms with Gasteiger partial charge >= 0.3 is 0 Å². The number of benzene rings is 2. The summed E-state index contributed by atoms with van der Waals surface area (Å²) in [5.41, 5.74) is 0.608. The third kappa shape index (κ3) is 5.45. The van der Waals surface area contributed by atoms with Crippen LogP contribution in [0.5, 0.6) is 23.0 Å². The molecule has 5 rings (SSSR count). The van der Waals surface area contributed by atoms with Gasteiger partial charge in [-0.05, 0) is 17.7 Å². The van der Waals surface area contributed by atoms with Crippen LogP contribution < -0.4 is 9.47 Å². The first kappa shape index (κ1) is 28.5. The van der Waals surface area contributed by atoms with E-state index in [9.17, 15) is 45.6 Å². The normalized spacial score (nSPS) is 36.0. The molecule has 0 bridgehead atoms. The van der Waals surface area contributed by atoms with Crippen molar-refractivity contribution in [1.82, 2.24) is 0 Å². The van der Waals surface area contributed by atoms with Crippen LogP contribution in [0.4, 0.5) is 0 Å². The molecule has 0 aromatic heterocycles. The van der Waals surface area contributed by atoms with Gasteiger partial charge < -0.3 is 64.5 Å². The van der Waals surface area contributed by atoms with E-state index in [1.54, 1.807) is 12.1 Å². The van der Waals surface area contributed by atoms with Crippen LogP contribution in [0.1, 0.15) is 28.4 Å². The van der Waals surface area contributed by atoms with E-state index in [1.165, 1.54) is 18.2 Å². The summed E-state index contributed by atoms with van der Waals surface area (Å²) in [7, 11) is 0. The van der Waals surface area contributed by atoms with E-state index in [-0.39, 0.29) is 47.4 Å². The molecule has 3 aliphatic heterocycles. The van der Waals surface area contributed by atoms with Crippen LogP contribution in [0.2, 0.25) is 0 Å². The van der Waals surface area contributed by atoms with E-state index >= 15 is 0 Å². The average Bonchev–Trinajstić information content (AvgIpc) is 2.92. The molecular weight excluding hydrogens is 536 g/mol. The third-order valence-corrected chi connectivity index (χ3v) is 7.08. The van der Waals surface area contributed by atoms with Gasteiger partial charge in [-0.2, -0.15) is 0 Å². The molecule has 0 aliphatic carbocycles. The molecule has 0 amide bonds. The second-order valence-electron chi connectivity index (χ2n) is 9.81. The van der Waals surface area contributed by atoms with Crippen molar-refractivity contribution in [3.05, 3.63) is 47.5 Å². The summed E-state index contributed by atoms with van der Waals surface area (Å²) in [4.78, 5) is 12.5. The van der Waals surface area contributed by atoms with E-state index in [2.05, 4.69) is 0 Å². The molecule has 10 unspecified atom stereocenters. The third-order valence-electron chi connectivity index (χ3n) is 7.08. The molecule has 14 heteroatoms. The Balaban J connectivity index is 1.19. The highest BCUT2D eigenvalue weighted by Crippen LogP contribution is 2.41. The van der Waals surface area contributed by atoms with E-state index < -0.39 is 68.0 Å². The Morgan fingerprint density at radius 2 is 1.57 bits per heavy atom. The van der Waals surface area contributed by atoms with Gasteiger partial charge in [-0.25, -0.2) is 0 Å². The lowest BCUT2D eigenvalue weighted by molar-refractivity contribution is -0.338. The number of aliphatic hydroxyl groups is 6. The van der Waals surface area contributed by atoms with E-state index in [0.717, 1.165) is 6.07 Å². The maximum atomic E-state index is 12.5. The molecular formula is C26H30O14. The summed E-state index contributed by atoms with van der Waals surface area (Å²) >= 11 is 0. The molecule has 8 N–H and O–H groups in total. The van der Waals surface area contributed by atoms with Crippen molar-refractivity contribution in [2.24, 2.45) is 0 Å². The lowest BCUT2D eigenvalue weighted by atomic mass is 9.95. The lowest BCUT2D eigenvalue weighted by Gasteiger charge is -2.43. The van der Waals surface area contributed by atoms with Crippen molar-refractivity contribution in [3.63, 3.8) is 0 Å². The minimum absolute atomic E-state index is 0.00447. The molecule has 0 saturated carbocycles. The first-order chi connectivity index (χ1) is 19.1. The quantitative estimate of drug-likeness (QED) is 0.198. The average molecular weight is 567 g/mol. The summed E-state index contributed by atoms with van der Waals surface area (Å²) < 4.78 is 27.7. The fourth-order valence-electron chi connectivity index (χ4n) is 4.85. The summed E-state index contributed by atoms with van der Waals surface area (Å²) in [6.45, 7) is -0.956. The van der Waals surface area contributed by atoms with Crippen LogP contribution in [0.3, 0.4) is 0 Å². The zero-order chi connectivity index (χ0) is 28.7. The molecule has 3 heterocycles. The minimum Gasteiger partial charge on any atom is -0.508 e. The van der Waals surface area contributed by atoms with Crippen LogP contribution in [0.15, 0.2) is 36.4 Å². The smallest absolute Gasteiger partial charge is 0.228 e. The van der Waals surface area contributed by atoms with Crippen molar-refractivity contribution in [3.8, 4) is 23.0 Å². The first-order valence-electron chi connectivity index (χ1n) is 12.5. The number of ether oxygens (including phenoxy) is 5. The number of phenols is 2. The highest BCUT2D eigenvalue weighted by Gasteiger charge is 2.48. The van der Waals surface area contributed by atoms with Gasteiger partial charge in [-0.1, -0.05) is 12.1 Å². The topological polar surface area (TPSA) is 225 Å². The molecule has 14 nitrogen and oxygen atoms in total. The van der Waals surface area contributed by atoms with Crippen LogP contribution in [-0.4, -0.2) is 115 Å². The second-order valence-corrected chi connectivity index (χ2v) is 9.81. The molecule has 2 saturated heterocycles. The molecule has 2 aromatic rings. The van der Waals surface area contributed by atoms with E-state index in [0.29, 0.717) is 5.56 Å². The number of phenolic OH excluding ortho intramolecular Hbond substituents is 2. The molecule has 218 valence electrons. The fraction of sp³-hybridized carbons (Fsp3) is 0.500. The molecule has 0 radical (unpaired) electrons. The van der Waals surface area contributed by atoms with Crippen LogP contribution in [0.25, 0.3) is 0 Å². The summed E-state index contributed by atoms with van der Waals surface area (Å²) in [5, 5.41) is 80.1. The molecule has 2 aromatic carbocycles. The zero-order valence-electron chi connectivity index (χ0n) is 20.9. The number of hydrogen-bond acceptors (Lipinski definition) is 14. The Hall–Kier alpha value is -3.05. The van der Waals surface area contributed by atoms with E-state index in [4.69, 9.17) is 23.7 Å². The Kier molecular flexibility index (Phi) is 8.15. The monoisotopic (exact) mass is 566 g/mol. The van der Waals surface area contributed by atoms with Gasteiger partial charge in [0.25, 0.3) is 0 Å². The summed E-state index contributed by atoms with van der Waals surface area (Å²) in [5.74, 6) is -0.644. The predicted octanol–water partition coefficient (Wildman–Crippen LogP) is -1.55. The maximum Gasteiger partial charge on any atom is 0.228 e. The standard InChI is InChI=1S/C26H30O14/c27-8-17-20(31)22(33)24(35)26(39-17)40-18-9-36-25(23(34)21(18)32)37-12-3-1-10(2-4-12)15-7-14(30)19-13(29)5-11(28)6-16(19)38-15/h1-6,15,17-18,20-29,31-35H,7-9H2. The van der Waals surface area contributed by atoms with Gasteiger partial charge in [0.2, 0.25) is 6.29 Å². The number of rotatable bonds is 6. The number of carbonyl (C=O) groups excluding carboxylic acids is 1. The molecule has 40 heavy (non-hydrogen) atoms. The van der Waals surface area contributed by atoms with Crippen molar-refractivity contribution >= 4 is 5.78 Å². The minimum atomic E-state index is -1.69. The van der Waals surface area contributed by atoms with E-state index in [1.807, 2.05) is 0 Å². The van der Waals surface area contributed by atoms with Crippen LogP contribution in [0, 0.1) is 0 Å². The number of aromatic hydroxyl groups is 2. The van der Waals surface area contributed by atoms with Gasteiger partial charge in [0.1, 0.15) is 77.4 Å². The van der Waals surface area contributed by atoms with Gasteiger partial charge in [0.05, 0.1) is 19.6 Å². The number of Topliss-reactive ketones (excluding diaryl/α,β-unsaturated/α-hetero) is 1. The number of carbonyl (C=O) groups is 1. The Morgan fingerprint density at radius 3 is 2.27 bits per heavy atom. The van der Waals surface area contributed by atoms with Crippen molar-refractivity contribution < 1.29 is 69.3 Å². The summed E-state index contributed by atoms with van der Waals surface area (Å²) in [6.07, 6.45) is -14.1. The van der Waals surface area contributed by atoms with Crippen molar-refractivity contribution in [2.45, 2.75) is 67.8 Å². The number of ketones is 1. The molecule has 3 aliphatic rings. The predicted molar refractivity (Wildman–Crippen MR) is 130 cm³/mol. The van der Waals surface area contributed by atoms with Crippen molar-refractivity contribution in [2.75, 3.05) is 13.2 Å². The fourth-order valence-corrected chi connectivity index (χ4v) is 4.85. The Labute approximate surface area is 227 Å². The largest absolute Gasteiger partial charge is 0.508 e. The molecule has 10 atom stereocenters. The van der Waals surface area contributed by atoms with Gasteiger partial charge in [-0.15, -0.1) is 0 Å². The number of aliphatic hydroxyl groups excluding tert-OH is 6. The van der Waals surface area contributed by atoms with Crippen LogP contribution >= 0.6 is 0 Å². The highest BCUT2D eigenvalue weighted by molar-refractivity contribution is 6.02. The Morgan fingerprint density at radius 1 is 0.875 bits per heavy atom. The Bertz CT molecular complexity index is 1200. The van der Waals surface area contributed by atoms with Gasteiger partial charge in [0, 0.05) is 12.1 Å². The van der Waals surface area contributed by atoms with Gasteiger partial charge in [-0.3, -0.25) is 4.79 Å². The number of hydrogen-bond donors (Lipinski definition) is 8. The first-order valence-corrected chi connectivity index (χ1v) is 12.5. The lowest BCUT2D eigenvalue weighted by Crippen LogP contribution is -2.62. The second kappa shape index (κ2) is 11.4. The summed E-state index contributed by atoms with van der Waals surface area (Å²) in [6, 6.07) is 8.64. The SMILES string of the molecule is O=C1CC(c2ccc(OC3OCC(OC4OC(CO)C(O)C(O)C4O)C(O)C3O)cc2)Oc2cc(O)cc(O)c21. The zero-order valence-corrected chi connectivity index (χ0v) is 20.9. The molecule has 0 spiro atoms.